The molecule has 2 aromatic carbocycles. The molecule has 6 nitrogen and oxygen atoms in total. The van der Waals surface area contributed by atoms with Crippen LogP contribution < -0.4 is 15.0 Å². The fraction of sp³-hybridized carbons (Fsp3) is 0.0952. The molecule has 1 aromatic heterocycles. The summed E-state index contributed by atoms with van der Waals surface area (Å²) in [7, 11) is 0. The van der Waals surface area contributed by atoms with Crippen molar-refractivity contribution < 1.29 is 18.7 Å². The van der Waals surface area contributed by atoms with E-state index < -0.39 is 5.82 Å². The molecule has 1 aliphatic rings. The van der Waals surface area contributed by atoms with Crippen molar-refractivity contribution in [3.8, 4) is 17.0 Å². The molecule has 0 spiro atoms. The van der Waals surface area contributed by atoms with Gasteiger partial charge in [-0.05, 0) is 42.5 Å². The number of hydrogen-bond donors (Lipinski definition) is 1. The summed E-state index contributed by atoms with van der Waals surface area (Å²) in [5.74, 6) is -0.290. The largest absolute Gasteiger partial charge is 0.482 e. The predicted octanol–water partition coefficient (Wildman–Crippen LogP) is 4.11. The molecule has 3 aromatic rings. The van der Waals surface area contributed by atoms with Gasteiger partial charge in [-0.2, -0.15) is 0 Å². The van der Waals surface area contributed by atoms with Gasteiger partial charge in [-0.15, -0.1) is 17.9 Å². The summed E-state index contributed by atoms with van der Waals surface area (Å²) in [6.45, 7) is 4.08. The Balaban J connectivity index is 1.56. The Labute approximate surface area is 170 Å². The number of benzene rings is 2. The number of rotatable bonds is 5. The smallest absolute Gasteiger partial charge is 0.265 e. The summed E-state index contributed by atoms with van der Waals surface area (Å²) in [5, 5.41) is 4.94. The molecular formula is C21H16FN3O3S. The first-order valence-corrected chi connectivity index (χ1v) is 9.64. The second kappa shape index (κ2) is 7.84. The van der Waals surface area contributed by atoms with Crippen LogP contribution in [0.4, 0.5) is 15.2 Å². The zero-order valence-corrected chi connectivity index (χ0v) is 16.0. The van der Waals surface area contributed by atoms with Crippen molar-refractivity contribution in [1.82, 2.24) is 4.98 Å². The lowest BCUT2D eigenvalue weighted by atomic mass is 10.1. The van der Waals surface area contributed by atoms with Crippen molar-refractivity contribution >= 4 is 34.0 Å². The summed E-state index contributed by atoms with van der Waals surface area (Å²) in [6.07, 6.45) is 1.66. The van der Waals surface area contributed by atoms with Gasteiger partial charge < -0.3 is 9.64 Å². The van der Waals surface area contributed by atoms with Crippen molar-refractivity contribution in [3.05, 3.63) is 71.9 Å². The third kappa shape index (κ3) is 3.88. The van der Waals surface area contributed by atoms with Crippen LogP contribution in [0.5, 0.6) is 5.75 Å². The second-order valence-corrected chi connectivity index (χ2v) is 7.12. The summed E-state index contributed by atoms with van der Waals surface area (Å²) in [4.78, 5) is 30.5. The fourth-order valence-corrected chi connectivity index (χ4v) is 3.64. The number of carbonyl (C=O) groups is 2. The zero-order chi connectivity index (χ0) is 20.4. The van der Waals surface area contributed by atoms with Gasteiger partial charge in [0, 0.05) is 23.1 Å². The Morgan fingerprint density at radius 3 is 2.86 bits per heavy atom. The quantitative estimate of drug-likeness (QED) is 0.644. The topological polar surface area (TPSA) is 71.5 Å². The zero-order valence-electron chi connectivity index (χ0n) is 15.2. The van der Waals surface area contributed by atoms with E-state index in [1.54, 1.807) is 17.0 Å². The average Bonchev–Trinajstić information content (AvgIpc) is 3.19. The molecular weight excluding hydrogens is 393 g/mol. The van der Waals surface area contributed by atoms with Gasteiger partial charge >= 0.3 is 0 Å². The lowest BCUT2D eigenvalue weighted by Crippen LogP contribution is -2.38. The summed E-state index contributed by atoms with van der Waals surface area (Å²) in [6, 6.07) is 10.8. The van der Waals surface area contributed by atoms with Crippen LogP contribution in [0.1, 0.15) is 10.4 Å². The summed E-state index contributed by atoms with van der Waals surface area (Å²) >= 11 is 1.27. The lowest BCUT2D eigenvalue weighted by molar-refractivity contribution is -0.121. The number of anilines is 2. The number of thiazole rings is 1. The molecule has 29 heavy (non-hydrogen) atoms. The number of amides is 2. The number of halogens is 1. The molecule has 1 aliphatic heterocycles. The minimum Gasteiger partial charge on any atom is -0.482 e. The molecule has 0 fully saturated rings. The number of carbonyl (C=O) groups excluding carboxylic acids is 2. The molecule has 8 heteroatoms. The van der Waals surface area contributed by atoms with E-state index in [2.05, 4.69) is 16.9 Å². The van der Waals surface area contributed by atoms with Gasteiger partial charge in [-0.1, -0.05) is 6.08 Å². The third-order valence-electron chi connectivity index (χ3n) is 4.34. The minimum atomic E-state index is -0.404. The minimum absolute atomic E-state index is 0.00352. The third-order valence-corrected chi connectivity index (χ3v) is 5.10. The number of nitrogens with zero attached hydrogens (tertiary/aromatic N) is 2. The number of ether oxygens (including phenoxy) is 1. The normalized spacial score (nSPS) is 12.9. The lowest BCUT2D eigenvalue weighted by Gasteiger charge is -2.28. The Bertz CT molecular complexity index is 1090. The number of nitrogens with one attached hydrogen (secondary N) is 1. The van der Waals surface area contributed by atoms with Crippen LogP contribution >= 0.6 is 11.3 Å². The maximum Gasteiger partial charge on any atom is 0.265 e. The molecule has 0 bridgehead atoms. The van der Waals surface area contributed by atoms with Crippen LogP contribution in [0.2, 0.25) is 0 Å². The van der Waals surface area contributed by atoms with Crippen molar-refractivity contribution in [2.75, 3.05) is 23.4 Å². The SMILES string of the molecule is C=CCN1C(=O)COc2ccc(-c3csc(NC(=O)c4ccc(F)cc4)n3)cc21. The highest BCUT2D eigenvalue weighted by Gasteiger charge is 2.25. The average molecular weight is 409 g/mol. The van der Waals surface area contributed by atoms with Gasteiger partial charge in [0.25, 0.3) is 11.8 Å². The molecule has 1 N–H and O–H groups in total. The van der Waals surface area contributed by atoms with Crippen molar-refractivity contribution in [2.24, 2.45) is 0 Å². The maximum atomic E-state index is 13.0. The van der Waals surface area contributed by atoms with E-state index in [0.717, 1.165) is 5.56 Å². The summed E-state index contributed by atoms with van der Waals surface area (Å²) in [5.41, 5.74) is 2.44. The van der Waals surface area contributed by atoms with Crippen molar-refractivity contribution in [3.63, 3.8) is 0 Å². The molecule has 2 amide bonds. The van der Waals surface area contributed by atoms with Gasteiger partial charge in [0.2, 0.25) is 0 Å². The highest BCUT2D eigenvalue weighted by Crippen LogP contribution is 2.36. The first kappa shape index (κ1) is 18.8. The first-order chi connectivity index (χ1) is 14.0. The first-order valence-electron chi connectivity index (χ1n) is 8.76. The van der Waals surface area contributed by atoms with Crippen LogP contribution in [0.3, 0.4) is 0 Å². The molecule has 146 valence electrons. The van der Waals surface area contributed by atoms with E-state index in [0.29, 0.717) is 34.4 Å². The Morgan fingerprint density at radius 1 is 1.31 bits per heavy atom. The van der Waals surface area contributed by atoms with Gasteiger partial charge in [0.15, 0.2) is 11.7 Å². The fourth-order valence-electron chi connectivity index (χ4n) is 2.93. The number of aromatic nitrogens is 1. The van der Waals surface area contributed by atoms with Crippen LogP contribution in [-0.2, 0) is 4.79 Å². The van der Waals surface area contributed by atoms with E-state index in [1.807, 2.05) is 17.5 Å². The highest BCUT2D eigenvalue weighted by molar-refractivity contribution is 7.14. The van der Waals surface area contributed by atoms with Gasteiger partial charge in [0.05, 0.1) is 11.4 Å². The molecule has 0 aliphatic carbocycles. The van der Waals surface area contributed by atoms with Crippen molar-refractivity contribution in [2.45, 2.75) is 0 Å². The van der Waals surface area contributed by atoms with E-state index in [9.17, 15) is 14.0 Å². The van der Waals surface area contributed by atoms with E-state index >= 15 is 0 Å². The van der Waals surface area contributed by atoms with Crippen LogP contribution in [0.15, 0.2) is 60.5 Å². The van der Waals surface area contributed by atoms with E-state index in [-0.39, 0.29) is 18.4 Å². The molecule has 2 heterocycles. The van der Waals surface area contributed by atoms with Crippen molar-refractivity contribution in [1.29, 1.82) is 0 Å². The van der Waals surface area contributed by atoms with Gasteiger partial charge in [0.1, 0.15) is 11.6 Å². The van der Waals surface area contributed by atoms with Crippen LogP contribution in [-0.4, -0.2) is 29.9 Å². The maximum absolute atomic E-state index is 13.0. The number of fused-ring (bicyclic) bond motifs is 1. The summed E-state index contributed by atoms with van der Waals surface area (Å²) < 4.78 is 18.5. The van der Waals surface area contributed by atoms with Crippen LogP contribution in [0, 0.1) is 5.82 Å². The molecule has 0 unspecified atom stereocenters. The standard InChI is InChI=1S/C21H16FN3O3S/c1-2-9-25-17-10-14(5-8-18(17)28-11-19(25)26)16-12-29-21(23-16)24-20(27)13-3-6-15(22)7-4-13/h2-8,10,12H,1,9,11H2,(H,23,24,27). The number of hydrogen-bond acceptors (Lipinski definition) is 5. The van der Waals surface area contributed by atoms with E-state index in [1.165, 1.54) is 35.6 Å². The second-order valence-electron chi connectivity index (χ2n) is 6.26. The molecule has 0 saturated heterocycles. The van der Waals surface area contributed by atoms with Gasteiger partial charge in [-0.3, -0.25) is 14.9 Å². The van der Waals surface area contributed by atoms with Gasteiger partial charge in [-0.25, -0.2) is 9.37 Å². The Hall–Kier alpha value is -3.52. The Kier molecular flexibility index (Phi) is 5.09. The monoisotopic (exact) mass is 409 g/mol. The molecule has 0 radical (unpaired) electrons. The highest BCUT2D eigenvalue weighted by atomic mass is 32.1. The van der Waals surface area contributed by atoms with E-state index in [4.69, 9.17) is 4.74 Å². The molecule has 0 saturated carbocycles. The van der Waals surface area contributed by atoms with Crippen LogP contribution in [0.25, 0.3) is 11.3 Å². The predicted molar refractivity (Wildman–Crippen MR) is 110 cm³/mol. The Morgan fingerprint density at radius 2 is 2.10 bits per heavy atom. The molecule has 4 rings (SSSR count). The molecule has 0 atom stereocenters.